The second kappa shape index (κ2) is 9.79. The molecular weight excluding hydrogens is 507 g/mol. The van der Waals surface area contributed by atoms with Gasteiger partial charge in [0, 0.05) is 37.7 Å². The minimum Gasteiger partial charge on any atom is -0.394 e. The summed E-state index contributed by atoms with van der Waals surface area (Å²) in [5, 5.41) is 16.9. The van der Waals surface area contributed by atoms with Crippen molar-refractivity contribution in [3.05, 3.63) is 29.8 Å². The molecule has 0 saturated carbocycles. The minimum absolute atomic E-state index is 0.0349. The molecule has 0 aliphatic carbocycles. The van der Waals surface area contributed by atoms with Crippen LogP contribution in [-0.2, 0) is 22.7 Å². The summed E-state index contributed by atoms with van der Waals surface area (Å²) < 4.78 is 67.5. The van der Waals surface area contributed by atoms with Crippen molar-refractivity contribution in [3.63, 3.8) is 0 Å². The summed E-state index contributed by atoms with van der Waals surface area (Å²) in [5.74, 6) is 0.0349. The minimum atomic E-state index is -4.67. The fourth-order valence-corrected chi connectivity index (χ4v) is 5.67. The molecule has 0 atom stereocenters. The number of aliphatic hydroxyl groups is 1. The molecule has 2 N–H and O–H groups in total. The number of anilines is 1. The maximum absolute atomic E-state index is 13.7. The average molecular weight is 532 g/mol. The van der Waals surface area contributed by atoms with Crippen LogP contribution in [0.3, 0.4) is 0 Å². The van der Waals surface area contributed by atoms with Crippen molar-refractivity contribution in [2.75, 3.05) is 31.3 Å². The van der Waals surface area contributed by atoms with Crippen LogP contribution in [0.2, 0.25) is 0 Å². The van der Waals surface area contributed by atoms with Crippen molar-refractivity contribution in [1.82, 2.24) is 29.0 Å². The second-order valence-corrected chi connectivity index (χ2v) is 11.2. The van der Waals surface area contributed by atoms with E-state index < -0.39 is 21.8 Å². The Balaban J connectivity index is 1.60. The molecule has 15 heteroatoms. The summed E-state index contributed by atoms with van der Waals surface area (Å²) >= 11 is 1.05. The Kier molecular flexibility index (Phi) is 7.13. The first-order valence-electron chi connectivity index (χ1n) is 10.7. The number of aromatic nitrogens is 5. The first-order chi connectivity index (χ1) is 16.5. The molecule has 0 aromatic carbocycles. The molecule has 0 amide bonds. The van der Waals surface area contributed by atoms with Crippen molar-refractivity contribution in [2.45, 2.75) is 38.5 Å². The van der Waals surface area contributed by atoms with Crippen LogP contribution in [0.5, 0.6) is 0 Å². The Hall–Kier alpha value is -2.62. The third-order valence-corrected chi connectivity index (χ3v) is 7.94. The van der Waals surface area contributed by atoms with Gasteiger partial charge in [0.05, 0.1) is 41.2 Å². The van der Waals surface area contributed by atoms with Gasteiger partial charge in [-0.05, 0) is 19.8 Å². The van der Waals surface area contributed by atoms with Gasteiger partial charge in [0.2, 0.25) is 16.0 Å². The summed E-state index contributed by atoms with van der Waals surface area (Å²) in [4.78, 5) is 12.6. The molecule has 1 aliphatic rings. The lowest BCUT2D eigenvalue weighted by Crippen LogP contribution is -2.42. The predicted molar refractivity (Wildman–Crippen MR) is 124 cm³/mol. The van der Waals surface area contributed by atoms with E-state index >= 15 is 0 Å². The van der Waals surface area contributed by atoms with E-state index in [1.807, 2.05) is 0 Å². The van der Waals surface area contributed by atoms with Crippen molar-refractivity contribution in [3.8, 4) is 21.1 Å². The zero-order valence-electron chi connectivity index (χ0n) is 18.9. The van der Waals surface area contributed by atoms with E-state index in [9.17, 15) is 21.6 Å². The maximum atomic E-state index is 13.7. The molecule has 3 aromatic rings. The summed E-state index contributed by atoms with van der Waals surface area (Å²) in [6, 6.07) is -0.172. The molecular formula is C20H24F3N7O3S2. The van der Waals surface area contributed by atoms with Crippen LogP contribution in [0.15, 0.2) is 18.6 Å². The van der Waals surface area contributed by atoms with Crippen LogP contribution in [0, 0.1) is 6.92 Å². The van der Waals surface area contributed by atoms with Gasteiger partial charge in [-0.25, -0.2) is 27.7 Å². The van der Waals surface area contributed by atoms with Gasteiger partial charge in [-0.2, -0.15) is 18.3 Å². The third-order valence-electron chi connectivity index (χ3n) is 5.60. The lowest BCUT2D eigenvalue weighted by Gasteiger charge is -2.30. The van der Waals surface area contributed by atoms with E-state index in [2.05, 4.69) is 25.4 Å². The van der Waals surface area contributed by atoms with E-state index in [0.29, 0.717) is 48.7 Å². The third kappa shape index (κ3) is 5.79. The largest absolute Gasteiger partial charge is 0.420 e. The molecule has 35 heavy (non-hydrogen) atoms. The van der Waals surface area contributed by atoms with Gasteiger partial charge < -0.3 is 10.4 Å². The highest BCUT2D eigenvalue weighted by atomic mass is 32.2. The van der Waals surface area contributed by atoms with Gasteiger partial charge >= 0.3 is 6.18 Å². The Morgan fingerprint density at radius 3 is 2.57 bits per heavy atom. The fourth-order valence-electron chi connectivity index (χ4n) is 3.81. The van der Waals surface area contributed by atoms with Gasteiger partial charge in [0.1, 0.15) is 10.6 Å². The van der Waals surface area contributed by atoms with Crippen LogP contribution in [0.1, 0.15) is 24.1 Å². The molecule has 1 saturated heterocycles. The number of hydrogen-bond acceptors (Lipinski definition) is 9. The highest BCUT2D eigenvalue weighted by Gasteiger charge is 2.36. The molecule has 1 fully saturated rings. The van der Waals surface area contributed by atoms with Crippen LogP contribution in [-0.4, -0.2) is 74.6 Å². The Morgan fingerprint density at radius 2 is 1.94 bits per heavy atom. The van der Waals surface area contributed by atoms with E-state index in [0.717, 1.165) is 23.8 Å². The molecule has 0 unspecified atom stereocenters. The smallest absolute Gasteiger partial charge is 0.394 e. The van der Waals surface area contributed by atoms with E-state index in [4.69, 9.17) is 5.11 Å². The number of nitrogens with one attached hydrogen (secondary N) is 1. The van der Waals surface area contributed by atoms with Gasteiger partial charge in [-0.3, -0.25) is 4.68 Å². The molecule has 3 aromatic heterocycles. The van der Waals surface area contributed by atoms with Gasteiger partial charge in [-0.15, -0.1) is 11.3 Å². The average Bonchev–Trinajstić information content (AvgIpc) is 3.39. The van der Waals surface area contributed by atoms with Crippen molar-refractivity contribution < 1.29 is 26.7 Å². The molecule has 1 aliphatic heterocycles. The number of sulfonamides is 1. The number of nitrogens with zero attached hydrogens (tertiary/aromatic N) is 6. The number of aryl methyl sites for hydroxylation is 1. The Bertz CT molecular complexity index is 1300. The molecule has 0 spiro atoms. The van der Waals surface area contributed by atoms with Crippen LogP contribution in [0.4, 0.5) is 19.1 Å². The maximum Gasteiger partial charge on any atom is 0.420 e. The number of alkyl halides is 3. The zero-order chi connectivity index (χ0) is 25.4. The zero-order valence-corrected chi connectivity index (χ0v) is 20.6. The van der Waals surface area contributed by atoms with Crippen molar-refractivity contribution in [2.24, 2.45) is 0 Å². The van der Waals surface area contributed by atoms with E-state index in [-0.39, 0.29) is 29.2 Å². The Labute approximate surface area is 203 Å². The van der Waals surface area contributed by atoms with Gasteiger partial charge in [0.15, 0.2) is 0 Å². The monoisotopic (exact) mass is 531 g/mol. The summed E-state index contributed by atoms with van der Waals surface area (Å²) in [6.45, 7) is 2.58. The van der Waals surface area contributed by atoms with Gasteiger partial charge in [0.25, 0.3) is 0 Å². The molecule has 4 heterocycles. The number of rotatable bonds is 7. The Morgan fingerprint density at radius 1 is 1.23 bits per heavy atom. The molecule has 4 rings (SSSR count). The van der Waals surface area contributed by atoms with Crippen LogP contribution >= 0.6 is 11.3 Å². The molecule has 10 nitrogen and oxygen atoms in total. The van der Waals surface area contributed by atoms with Crippen LogP contribution < -0.4 is 5.32 Å². The first-order valence-corrected chi connectivity index (χ1v) is 13.4. The summed E-state index contributed by atoms with van der Waals surface area (Å²) in [6.07, 6.45) is 1.22. The van der Waals surface area contributed by atoms with Crippen molar-refractivity contribution >= 4 is 27.3 Å². The number of hydrogen-bond donors (Lipinski definition) is 2. The predicted octanol–water partition coefficient (Wildman–Crippen LogP) is 2.62. The highest BCUT2D eigenvalue weighted by Crippen LogP contribution is 2.40. The quantitative estimate of drug-likeness (QED) is 0.477. The topological polar surface area (TPSA) is 126 Å². The van der Waals surface area contributed by atoms with E-state index in [1.165, 1.54) is 10.5 Å². The number of thiazole rings is 1. The van der Waals surface area contributed by atoms with E-state index in [1.54, 1.807) is 17.8 Å². The number of piperidine rings is 1. The summed E-state index contributed by atoms with van der Waals surface area (Å²) in [5.41, 5.74) is 0.0414. The number of aliphatic hydroxyl groups excluding tert-OH is 1. The fraction of sp³-hybridized carbons (Fsp3) is 0.500. The normalized spacial score (nSPS) is 16.1. The standard InChI is InChI=1S/C20H24F3N7O3S2/c1-12-14(11-29(28-12)7-8-31)18-24-10-16(34-18)17-15(20(21,22)23)9-25-19(27-17)26-13-3-5-30(6-4-13)35(2,32)33/h9-11,13,31H,3-8H2,1-2H3,(H,25,26,27). The SMILES string of the molecule is Cc1nn(CCO)cc1-c1ncc(-c2nc(NC3CCN(S(C)(=O)=O)CC3)ncc2C(F)(F)F)s1. The van der Waals surface area contributed by atoms with Crippen LogP contribution in [0.25, 0.3) is 21.1 Å². The molecule has 0 bridgehead atoms. The lowest BCUT2D eigenvalue weighted by atomic mass is 10.1. The van der Waals surface area contributed by atoms with Gasteiger partial charge in [-0.1, -0.05) is 0 Å². The highest BCUT2D eigenvalue weighted by molar-refractivity contribution is 7.88. The number of halogens is 3. The molecule has 190 valence electrons. The first kappa shape index (κ1) is 25.5. The van der Waals surface area contributed by atoms with Crippen molar-refractivity contribution in [1.29, 1.82) is 0 Å². The summed E-state index contributed by atoms with van der Waals surface area (Å²) in [7, 11) is -3.29. The lowest BCUT2D eigenvalue weighted by molar-refractivity contribution is -0.137. The second-order valence-electron chi connectivity index (χ2n) is 8.18. The molecule has 0 radical (unpaired) electrons.